The van der Waals surface area contributed by atoms with Crippen molar-refractivity contribution in [2.45, 2.75) is 19.5 Å². The topological polar surface area (TPSA) is 85.4 Å². The Morgan fingerprint density at radius 1 is 1.50 bits per heavy atom. The van der Waals surface area contributed by atoms with Crippen LogP contribution in [-0.4, -0.2) is 22.4 Å². The van der Waals surface area contributed by atoms with Crippen molar-refractivity contribution in [2.75, 3.05) is 5.73 Å². The molecule has 0 spiro atoms. The minimum Gasteiger partial charge on any atom is -0.481 e. The number of alkyl halides is 4. The maximum Gasteiger partial charge on any atom is 0.573 e. The Bertz CT molecular complexity index is 462. The molecule has 0 atom stereocenters. The molecule has 0 saturated heterocycles. The monoisotopic (exact) mass is 268 g/mol. The van der Waals surface area contributed by atoms with Crippen LogP contribution in [0.2, 0.25) is 0 Å². The highest BCUT2D eigenvalue weighted by Crippen LogP contribution is 2.34. The summed E-state index contributed by atoms with van der Waals surface area (Å²) in [6.45, 7) is -1.19. The van der Waals surface area contributed by atoms with Crippen LogP contribution in [0.3, 0.4) is 0 Å². The minimum atomic E-state index is -5.06. The molecular formula is C9H8F4N2O3. The molecule has 100 valence electrons. The maximum atomic E-state index is 12.4. The van der Waals surface area contributed by atoms with Crippen LogP contribution < -0.4 is 10.5 Å². The number of aliphatic carboxylic acids is 1. The Labute approximate surface area is 98.2 Å². The van der Waals surface area contributed by atoms with E-state index < -0.39 is 42.6 Å². The minimum absolute atomic E-state index is 0.380. The quantitative estimate of drug-likeness (QED) is 0.811. The van der Waals surface area contributed by atoms with E-state index in [9.17, 15) is 22.4 Å². The van der Waals surface area contributed by atoms with Gasteiger partial charge in [0.1, 0.15) is 6.67 Å². The molecule has 1 rings (SSSR count). The van der Waals surface area contributed by atoms with Crippen LogP contribution >= 0.6 is 0 Å². The van der Waals surface area contributed by atoms with E-state index in [0.717, 1.165) is 6.20 Å². The summed E-state index contributed by atoms with van der Waals surface area (Å²) in [6.07, 6.45) is -5.04. The second-order valence-electron chi connectivity index (χ2n) is 3.22. The van der Waals surface area contributed by atoms with Gasteiger partial charge in [-0.1, -0.05) is 0 Å². The number of carboxylic acids is 1. The number of nitrogens with two attached hydrogens (primary N) is 1. The average Bonchev–Trinajstić information content (AvgIpc) is 2.21. The average molecular weight is 268 g/mol. The number of carbonyl (C=O) groups is 1. The van der Waals surface area contributed by atoms with Gasteiger partial charge >= 0.3 is 12.3 Å². The molecule has 18 heavy (non-hydrogen) atoms. The van der Waals surface area contributed by atoms with Gasteiger partial charge in [-0.15, -0.1) is 13.2 Å². The normalized spacial score (nSPS) is 11.3. The molecule has 0 amide bonds. The van der Waals surface area contributed by atoms with E-state index in [1.165, 1.54) is 0 Å². The fourth-order valence-electron chi connectivity index (χ4n) is 1.22. The molecule has 0 bridgehead atoms. The number of anilines is 1. The Kier molecular flexibility index (Phi) is 3.94. The van der Waals surface area contributed by atoms with Crippen molar-refractivity contribution >= 4 is 11.7 Å². The molecule has 9 heteroatoms. The zero-order valence-corrected chi connectivity index (χ0v) is 8.79. The van der Waals surface area contributed by atoms with Crippen molar-refractivity contribution < 1.29 is 32.2 Å². The van der Waals surface area contributed by atoms with Crippen LogP contribution in [0, 0.1) is 0 Å². The lowest BCUT2D eigenvalue weighted by atomic mass is 10.1. The molecule has 0 aromatic carbocycles. The Morgan fingerprint density at radius 3 is 2.56 bits per heavy atom. The smallest absolute Gasteiger partial charge is 0.481 e. The highest BCUT2D eigenvalue weighted by Gasteiger charge is 2.34. The molecule has 5 nitrogen and oxygen atoms in total. The largest absolute Gasteiger partial charge is 0.573 e. The number of hydrogen-bond acceptors (Lipinski definition) is 4. The number of aromatic nitrogens is 1. The molecule has 0 fully saturated rings. The highest BCUT2D eigenvalue weighted by molar-refractivity contribution is 5.73. The van der Waals surface area contributed by atoms with E-state index in [-0.39, 0.29) is 5.56 Å². The first kappa shape index (κ1) is 14.0. The zero-order chi connectivity index (χ0) is 13.9. The molecule has 1 aromatic heterocycles. The third-order valence-electron chi connectivity index (χ3n) is 1.91. The van der Waals surface area contributed by atoms with E-state index in [1.54, 1.807) is 0 Å². The number of rotatable bonds is 4. The van der Waals surface area contributed by atoms with Gasteiger partial charge in [0.25, 0.3) is 0 Å². The van der Waals surface area contributed by atoms with Gasteiger partial charge in [0.2, 0.25) is 0 Å². The fourth-order valence-corrected chi connectivity index (χ4v) is 1.22. The van der Waals surface area contributed by atoms with E-state index >= 15 is 0 Å². The van der Waals surface area contributed by atoms with E-state index in [0.29, 0.717) is 0 Å². The molecule has 0 radical (unpaired) electrons. The third kappa shape index (κ3) is 3.47. The maximum absolute atomic E-state index is 12.4. The number of nitrogens with zero attached hydrogens (tertiary/aromatic N) is 1. The molecule has 1 aromatic rings. The lowest BCUT2D eigenvalue weighted by molar-refractivity contribution is -0.274. The van der Waals surface area contributed by atoms with E-state index in [2.05, 4.69) is 9.72 Å². The first-order chi connectivity index (χ1) is 8.24. The van der Waals surface area contributed by atoms with Gasteiger partial charge in [0, 0.05) is 11.8 Å². The van der Waals surface area contributed by atoms with Gasteiger partial charge in [0.15, 0.2) is 5.75 Å². The Balaban J connectivity index is 3.26. The van der Waals surface area contributed by atoms with E-state index in [4.69, 9.17) is 10.8 Å². The van der Waals surface area contributed by atoms with Crippen molar-refractivity contribution in [3.63, 3.8) is 0 Å². The SMILES string of the molecule is Nc1c(CF)ncc(CC(=O)O)c1OC(F)(F)F. The molecule has 3 N–H and O–H groups in total. The number of halogens is 4. The summed E-state index contributed by atoms with van der Waals surface area (Å²) in [5.74, 6) is -2.32. The van der Waals surface area contributed by atoms with Crippen LogP contribution in [0.15, 0.2) is 6.20 Å². The summed E-state index contributed by atoms with van der Waals surface area (Å²) in [5, 5.41) is 8.53. The van der Waals surface area contributed by atoms with Gasteiger partial charge in [-0.25, -0.2) is 4.39 Å². The standard InChI is InChI=1S/C9H8F4N2O3/c10-2-5-7(14)8(18-9(11,12)13)4(3-15-5)1-6(16)17/h3H,1-2,14H2,(H,16,17). The summed E-state index contributed by atoms with van der Waals surface area (Å²) >= 11 is 0. The Hall–Kier alpha value is -2.06. The summed E-state index contributed by atoms with van der Waals surface area (Å²) in [6, 6.07) is 0. The van der Waals surface area contributed by atoms with Crippen LogP contribution in [0.25, 0.3) is 0 Å². The summed E-state index contributed by atoms with van der Waals surface area (Å²) in [5.41, 5.74) is 3.78. The van der Waals surface area contributed by atoms with Crippen molar-refractivity contribution in [1.82, 2.24) is 4.98 Å². The number of carboxylic acid groups (broad SMARTS) is 1. The van der Waals surface area contributed by atoms with Crippen LogP contribution in [0.1, 0.15) is 11.3 Å². The predicted octanol–water partition coefficient (Wildman–Crippen LogP) is 1.66. The molecular weight excluding hydrogens is 260 g/mol. The Morgan fingerprint density at radius 2 is 2.11 bits per heavy atom. The summed E-state index contributed by atoms with van der Waals surface area (Å²) < 4.78 is 52.4. The second-order valence-corrected chi connectivity index (χ2v) is 3.22. The molecule has 0 aliphatic rings. The van der Waals surface area contributed by atoms with Crippen molar-refractivity contribution in [1.29, 1.82) is 0 Å². The van der Waals surface area contributed by atoms with Crippen LogP contribution in [-0.2, 0) is 17.9 Å². The lowest BCUT2D eigenvalue weighted by Crippen LogP contribution is -2.20. The highest BCUT2D eigenvalue weighted by atomic mass is 19.4. The first-order valence-electron chi connectivity index (χ1n) is 4.54. The van der Waals surface area contributed by atoms with Crippen molar-refractivity contribution in [3.8, 4) is 5.75 Å². The van der Waals surface area contributed by atoms with Crippen molar-refractivity contribution in [3.05, 3.63) is 17.5 Å². The van der Waals surface area contributed by atoms with Gasteiger partial charge in [0.05, 0.1) is 17.8 Å². The van der Waals surface area contributed by atoms with Crippen LogP contribution in [0.5, 0.6) is 5.75 Å². The van der Waals surface area contributed by atoms with Gasteiger partial charge in [-0.2, -0.15) is 0 Å². The van der Waals surface area contributed by atoms with Crippen LogP contribution in [0.4, 0.5) is 23.2 Å². The summed E-state index contributed by atoms with van der Waals surface area (Å²) in [4.78, 5) is 13.9. The van der Waals surface area contributed by atoms with E-state index in [1.807, 2.05) is 0 Å². The summed E-state index contributed by atoms with van der Waals surface area (Å²) in [7, 11) is 0. The molecule has 1 heterocycles. The fraction of sp³-hybridized carbons (Fsp3) is 0.333. The first-order valence-corrected chi connectivity index (χ1v) is 4.54. The third-order valence-corrected chi connectivity index (χ3v) is 1.91. The number of nitrogen functional groups attached to an aromatic ring is 1. The van der Waals surface area contributed by atoms with Gasteiger partial charge < -0.3 is 15.6 Å². The molecule has 0 aliphatic heterocycles. The molecule has 0 saturated carbocycles. The number of ether oxygens (including phenoxy) is 1. The van der Waals surface area contributed by atoms with Gasteiger partial charge in [-0.3, -0.25) is 9.78 Å². The number of pyridine rings is 1. The lowest BCUT2D eigenvalue weighted by Gasteiger charge is -2.15. The zero-order valence-electron chi connectivity index (χ0n) is 8.79. The predicted molar refractivity (Wildman–Crippen MR) is 51.5 cm³/mol. The molecule has 0 aliphatic carbocycles. The van der Waals surface area contributed by atoms with Crippen molar-refractivity contribution in [2.24, 2.45) is 0 Å². The van der Waals surface area contributed by atoms with Gasteiger partial charge in [-0.05, 0) is 0 Å². The second kappa shape index (κ2) is 5.07. The number of hydrogen-bond donors (Lipinski definition) is 2. The molecule has 0 unspecified atom stereocenters.